The molecule has 0 unspecified atom stereocenters. The van der Waals surface area contributed by atoms with Crippen LogP contribution in [0.25, 0.3) is 0 Å². The molecule has 0 aliphatic carbocycles. The number of carbonyl (C=O) groups excluding carboxylic acids is 6. The van der Waals surface area contributed by atoms with Crippen LogP contribution in [0.2, 0.25) is 0 Å². The Labute approximate surface area is 615 Å². The molecule has 0 saturated carbocycles. The average Bonchev–Trinajstić information content (AvgIpc) is 0.917. The lowest BCUT2D eigenvalue weighted by Gasteiger charge is -2.27. The van der Waals surface area contributed by atoms with Crippen LogP contribution in [0.1, 0.15) is 292 Å². The predicted octanol–water partition coefficient (Wildman–Crippen LogP) is 21.7. The lowest BCUT2D eigenvalue weighted by atomic mass is 10.2. The molecule has 0 atom stereocenters. The number of carbonyl (C=O) groups is 6. The number of hydrogen-bond acceptors (Lipinski definition) is 8. The first-order valence-corrected chi connectivity index (χ1v) is 57.4. The lowest BCUT2D eigenvalue weighted by molar-refractivity contribution is -0.119. The summed E-state index contributed by atoms with van der Waals surface area (Å²) in [6.07, 6.45) is 54.8. The highest BCUT2D eigenvalue weighted by molar-refractivity contribution is 7.78. The van der Waals surface area contributed by atoms with Crippen molar-refractivity contribution in [1.29, 1.82) is 0 Å². The van der Waals surface area contributed by atoms with E-state index in [0.717, 1.165) is 102 Å². The molecule has 0 spiro atoms. The molecule has 0 aliphatic heterocycles. The van der Waals surface area contributed by atoms with Crippen molar-refractivity contribution in [2.24, 2.45) is 0 Å². The van der Waals surface area contributed by atoms with Gasteiger partial charge in [0.25, 0.3) is 11.8 Å². The molecule has 0 aromatic heterocycles. The number of rotatable bonds is 70. The van der Waals surface area contributed by atoms with Crippen molar-refractivity contribution in [3.8, 4) is 0 Å². The van der Waals surface area contributed by atoms with E-state index in [2.05, 4.69) is 145 Å². The number of Topliss-reactive ketones (excluding diaryl/α,β-unsaturated/α-hetero) is 4. The van der Waals surface area contributed by atoms with Gasteiger partial charge in [-0.3, -0.25) is 28.8 Å². The Hall–Kier alpha value is 0.120. The van der Waals surface area contributed by atoms with Gasteiger partial charge in [0.15, 0.2) is 23.1 Å². The van der Waals surface area contributed by atoms with Crippen LogP contribution in [0.4, 0.5) is 0 Å². The quantitative estimate of drug-likeness (QED) is 0.0575. The third-order valence-electron chi connectivity index (χ3n) is 20.8. The van der Waals surface area contributed by atoms with Gasteiger partial charge in [-0.15, -0.1) is 0 Å². The zero-order chi connectivity index (χ0) is 74.0. The summed E-state index contributed by atoms with van der Waals surface area (Å²) in [6.45, 7) is 47.4. The van der Waals surface area contributed by atoms with E-state index in [-0.39, 0.29) is 11.8 Å². The van der Waals surface area contributed by atoms with Crippen molar-refractivity contribution in [2.75, 3.05) is 200 Å². The number of nitrogens with one attached hydrogen (secondary N) is 2. The molecule has 98 heavy (non-hydrogen) atoms. The molecule has 0 aromatic rings. The van der Waals surface area contributed by atoms with Crippen LogP contribution in [0.3, 0.4) is 0 Å². The SMILES string of the molecule is CCC[P+](CCC)(CCC)CC(=O)CCCN(CCCC(=O)C[P+](CCC)(CCC)CCC)CCNC(=O)C[P+](CCC)(CCC)CCC.CCC[P+](CCC)(CCC)CC(=O)CCCN(CCCC(=O)C[P+](CCC)(CCC)CCC)CCNC(=O)C[P+](CCC)(CCC)CCC. The highest BCUT2D eigenvalue weighted by Crippen LogP contribution is 2.64. The third kappa shape index (κ3) is 45.6. The molecule has 10 nitrogen and oxygen atoms in total. The van der Waals surface area contributed by atoms with Gasteiger partial charge in [0.1, 0.15) is 37.0 Å². The Morgan fingerprint density at radius 2 is 0.357 bits per heavy atom. The normalized spacial score (nSPS) is 12.5. The van der Waals surface area contributed by atoms with Crippen molar-refractivity contribution in [3.63, 3.8) is 0 Å². The molecule has 2 N–H and O–H groups in total. The maximum absolute atomic E-state index is 13.4. The topological polar surface area (TPSA) is 133 Å². The smallest absolute Gasteiger partial charge is 0.257 e. The fourth-order valence-corrected chi connectivity index (χ4v) is 46.9. The number of ketones is 4. The standard InChI is InChI=1S/2C41H85N2O3P3/c2*1-10-27-47(28-11-2,29-12-3)36-39(44)21-19-24-43(25-20-22-40(45)37-48(30-13-4,31-14-5)32-15-6)26-23-42-41(46)38-49(33-16-7,34-17-8)35-18-9/h2*10-38H2,1-9H3/q2*+2/p+2. The van der Waals surface area contributed by atoms with Crippen LogP contribution in [0, 0.1) is 0 Å². The Kier molecular flexibility index (Phi) is 63.6. The van der Waals surface area contributed by atoms with Gasteiger partial charge in [0, 0.05) is 95.4 Å². The minimum atomic E-state index is -1.23. The van der Waals surface area contributed by atoms with E-state index < -0.39 is 43.6 Å². The van der Waals surface area contributed by atoms with Crippen molar-refractivity contribution in [2.45, 2.75) is 292 Å². The minimum absolute atomic E-state index is 0.236. The Morgan fingerprint density at radius 3 is 0.500 bits per heavy atom. The van der Waals surface area contributed by atoms with Gasteiger partial charge in [0.05, 0.1) is 111 Å². The zero-order valence-electron chi connectivity index (χ0n) is 69.0. The summed E-state index contributed by atoms with van der Waals surface area (Å²) in [5.74, 6) is 2.35. The zero-order valence-corrected chi connectivity index (χ0v) is 74.4. The average molecular weight is 1500 g/mol. The molecular formula is C82H172N4O6P6+6. The maximum Gasteiger partial charge on any atom is 0.257 e. The summed E-state index contributed by atoms with van der Waals surface area (Å²) < 4.78 is 0. The Bertz CT molecular complexity index is 1560. The summed E-state index contributed by atoms with van der Waals surface area (Å²) in [4.78, 5) is 84.9. The van der Waals surface area contributed by atoms with Crippen molar-refractivity contribution in [3.05, 3.63) is 0 Å². The summed E-state index contributed by atoms with van der Waals surface area (Å²) in [6, 6.07) is 0. The molecule has 0 saturated heterocycles. The van der Waals surface area contributed by atoms with Gasteiger partial charge in [-0.2, -0.15) is 0 Å². The Balaban J connectivity index is 0. The highest BCUT2D eigenvalue weighted by Gasteiger charge is 2.42. The van der Waals surface area contributed by atoms with E-state index in [1.165, 1.54) is 226 Å². The van der Waals surface area contributed by atoms with Crippen LogP contribution in [0.15, 0.2) is 0 Å². The number of nitrogens with zero attached hydrogens (tertiary/aromatic N) is 2. The fraction of sp³-hybridized carbons (Fsp3) is 0.927. The second-order valence-corrected chi connectivity index (χ2v) is 57.0. The van der Waals surface area contributed by atoms with Crippen molar-refractivity contribution < 1.29 is 28.8 Å². The molecule has 0 rings (SSSR count). The molecule has 16 heteroatoms. The summed E-state index contributed by atoms with van der Waals surface area (Å²) in [7, 11) is -7.20. The highest BCUT2D eigenvalue weighted by atomic mass is 31.2. The van der Waals surface area contributed by atoms with E-state index in [0.29, 0.717) is 61.9 Å². The molecule has 580 valence electrons. The first-order valence-electron chi connectivity index (χ1n) is 42.2. The molecule has 0 aliphatic rings. The van der Waals surface area contributed by atoms with Crippen LogP contribution < -0.4 is 10.6 Å². The minimum Gasteiger partial charge on any atom is -0.352 e. The van der Waals surface area contributed by atoms with Crippen LogP contribution in [-0.2, 0) is 28.8 Å². The molecule has 0 radical (unpaired) electrons. The predicted molar refractivity (Wildman–Crippen MR) is 459 cm³/mol. The van der Waals surface area contributed by atoms with Crippen LogP contribution >= 0.6 is 43.6 Å². The van der Waals surface area contributed by atoms with E-state index in [4.69, 9.17) is 0 Å². The van der Waals surface area contributed by atoms with Gasteiger partial charge in [-0.25, -0.2) is 0 Å². The third-order valence-corrected chi connectivity index (χ3v) is 51.9. The van der Waals surface area contributed by atoms with Gasteiger partial charge in [0.2, 0.25) is 0 Å². The molecule has 0 aromatic carbocycles. The summed E-state index contributed by atoms with van der Waals surface area (Å²) in [5.41, 5.74) is 0. The van der Waals surface area contributed by atoms with E-state index >= 15 is 0 Å². The second-order valence-electron chi connectivity index (χ2n) is 31.0. The number of amides is 2. The summed E-state index contributed by atoms with van der Waals surface area (Å²) >= 11 is 0. The van der Waals surface area contributed by atoms with Crippen LogP contribution in [-0.4, -0.2) is 245 Å². The number of hydrogen-bond donors (Lipinski definition) is 2. The van der Waals surface area contributed by atoms with E-state index in [9.17, 15) is 28.8 Å². The molecule has 2 amide bonds. The fourth-order valence-electron chi connectivity index (χ4n) is 17.9. The lowest BCUT2D eigenvalue weighted by Crippen LogP contribution is -2.38. The van der Waals surface area contributed by atoms with Gasteiger partial charge >= 0.3 is 0 Å². The first-order chi connectivity index (χ1) is 47.0. The van der Waals surface area contributed by atoms with E-state index in [1.807, 2.05) is 0 Å². The largest absolute Gasteiger partial charge is 0.352 e. The maximum atomic E-state index is 13.4. The van der Waals surface area contributed by atoms with Gasteiger partial charge in [-0.05, 0) is 167 Å². The first kappa shape index (κ1) is 100. The second kappa shape index (κ2) is 62.2. The summed E-state index contributed by atoms with van der Waals surface area (Å²) in [5, 5.41) is 6.62. The molecule has 0 bridgehead atoms. The van der Waals surface area contributed by atoms with Crippen molar-refractivity contribution >= 4 is 78.5 Å². The van der Waals surface area contributed by atoms with Gasteiger partial charge in [-0.1, -0.05) is 125 Å². The van der Waals surface area contributed by atoms with E-state index in [1.54, 1.807) is 0 Å². The Morgan fingerprint density at radius 1 is 0.214 bits per heavy atom. The molecule has 0 fully saturated rings. The monoisotopic (exact) mass is 1500 g/mol. The molecule has 0 heterocycles. The van der Waals surface area contributed by atoms with Gasteiger partial charge < -0.3 is 20.4 Å². The molecular weight excluding hydrogens is 1320 g/mol. The van der Waals surface area contributed by atoms with Crippen LogP contribution in [0.5, 0.6) is 0 Å². The van der Waals surface area contributed by atoms with Crippen molar-refractivity contribution in [1.82, 2.24) is 20.4 Å².